The lowest BCUT2D eigenvalue weighted by atomic mass is 10.0. The van der Waals surface area contributed by atoms with Crippen LogP contribution in [-0.2, 0) is 9.59 Å². The molecule has 0 heterocycles. The number of hydrogen-bond acceptors (Lipinski definition) is 5. The minimum absolute atomic E-state index is 0.160. The Hall–Kier alpha value is -2.70. The van der Waals surface area contributed by atoms with Crippen molar-refractivity contribution in [1.82, 2.24) is 10.2 Å². The predicted octanol–water partition coefficient (Wildman–Crippen LogP) is 1.73. The van der Waals surface area contributed by atoms with Crippen LogP contribution in [-0.4, -0.2) is 56.5 Å². The summed E-state index contributed by atoms with van der Waals surface area (Å²) < 4.78 is 0. The number of anilines is 1. The fourth-order valence-electron chi connectivity index (χ4n) is 2.32. The molecule has 7 heteroatoms. The van der Waals surface area contributed by atoms with Crippen molar-refractivity contribution in [3.63, 3.8) is 0 Å². The number of carbonyl (C=O) groups excluding carboxylic acids is 4. The number of aldehydes is 2. The van der Waals surface area contributed by atoms with Crippen LogP contribution in [0.25, 0.3) is 0 Å². The second-order valence-electron chi connectivity index (χ2n) is 4.92. The summed E-state index contributed by atoms with van der Waals surface area (Å²) in [6.45, 7) is 4.00. The van der Waals surface area contributed by atoms with Crippen LogP contribution >= 0.6 is 0 Å². The summed E-state index contributed by atoms with van der Waals surface area (Å²) >= 11 is 0. The highest BCUT2D eigenvalue weighted by atomic mass is 16.2. The van der Waals surface area contributed by atoms with Gasteiger partial charge in [-0.3, -0.25) is 14.4 Å². The second kappa shape index (κ2) is 11.8. The highest BCUT2D eigenvalue weighted by Crippen LogP contribution is 2.20. The summed E-state index contributed by atoms with van der Waals surface area (Å²) in [6.07, 6.45) is 1.68. The van der Waals surface area contributed by atoms with E-state index in [1.165, 1.54) is 25.1 Å². The van der Waals surface area contributed by atoms with Crippen molar-refractivity contribution in [1.29, 1.82) is 0 Å². The van der Waals surface area contributed by atoms with E-state index in [9.17, 15) is 19.2 Å². The molecule has 25 heavy (non-hydrogen) atoms. The van der Waals surface area contributed by atoms with Gasteiger partial charge in [0.25, 0.3) is 5.91 Å². The molecule has 7 nitrogen and oxygen atoms in total. The minimum Gasteiger partial charge on any atom is -0.388 e. The maximum Gasteiger partial charge on any atom is 0.255 e. The zero-order valence-corrected chi connectivity index (χ0v) is 15.5. The summed E-state index contributed by atoms with van der Waals surface area (Å²) in [5, 5.41) is 5.33. The summed E-state index contributed by atoms with van der Waals surface area (Å²) in [4.78, 5) is 47.8. The van der Waals surface area contributed by atoms with E-state index >= 15 is 0 Å². The molecule has 0 aliphatic rings. The number of carbonyl (C=O) groups is 4. The normalized spacial score (nSPS) is 10.6. The molecule has 1 aromatic rings. The number of nitrogens with zero attached hydrogens (tertiary/aromatic N) is 1. The van der Waals surface area contributed by atoms with Crippen LogP contribution in [0, 0.1) is 0 Å². The summed E-state index contributed by atoms with van der Waals surface area (Å²) in [6, 6.07) is 4.09. The first-order chi connectivity index (χ1) is 12.0. The molecule has 1 unspecified atom stereocenters. The lowest BCUT2D eigenvalue weighted by Gasteiger charge is -2.27. The first-order valence-corrected chi connectivity index (χ1v) is 8.20. The topological polar surface area (TPSA) is 95.6 Å². The number of hydrogen-bond donors (Lipinski definition) is 2. The molecule has 0 saturated carbocycles. The van der Waals surface area contributed by atoms with E-state index in [-0.39, 0.29) is 29.9 Å². The number of likely N-dealkylation sites (N-methyl/N-ethyl adjacent to an activating group) is 2. The van der Waals surface area contributed by atoms with Crippen LogP contribution in [0.1, 0.15) is 47.4 Å². The van der Waals surface area contributed by atoms with E-state index in [1.54, 1.807) is 19.2 Å². The molecular weight excluding hydrogens is 322 g/mol. The molecule has 1 aromatic carbocycles. The predicted molar refractivity (Wildman–Crippen MR) is 98.0 cm³/mol. The molecule has 0 bridgehead atoms. The Kier molecular flexibility index (Phi) is 10.5. The molecule has 2 amide bonds. The highest BCUT2D eigenvalue weighted by molar-refractivity contribution is 6.05. The van der Waals surface area contributed by atoms with Crippen molar-refractivity contribution in [2.45, 2.75) is 32.7 Å². The molecule has 0 saturated heterocycles. The zero-order valence-electron chi connectivity index (χ0n) is 15.5. The fraction of sp³-hybridized carbons (Fsp3) is 0.444. The van der Waals surface area contributed by atoms with Gasteiger partial charge in [0.05, 0.1) is 11.1 Å². The van der Waals surface area contributed by atoms with Gasteiger partial charge < -0.3 is 20.3 Å². The molecule has 0 aliphatic heterocycles. The van der Waals surface area contributed by atoms with Gasteiger partial charge in [0.2, 0.25) is 5.91 Å². The number of amides is 2. The third kappa shape index (κ3) is 5.70. The molecule has 0 spiro atoms. The van der Waals surface area contributed by atoms with E-state index in [0.717, 1.165) is 0 Å². The van der Waals surface area contributed by atoms with Gasteiger partial charge in [0.15, 0.2) is 6.29 Å². The van der Waals surface area contributed by atoms with Crippen molar-refractivity contribution in [2.24, 2.45) is 0 Å². The van der Waals surface area contributed by atoms with Gasteiger partial charge in [0.1, 0.15) is 12.3 Å². The van der Waals surface area contributed by atoms with Crippen LogP contribution in [0.4, 0.5) is 5.69 Å². The Bertz CT molecular complexity index is 602. The average molecular weight is 349 g/mol. The SMILES string of the molecule is CC.CNC(=O)C(CCC=O)N(C)C(=O)c1cccc(NC)c1C=O. The van der Waals surface area contributed by atoms with Crippen LogP contribution in [0.5, 0.6) is 0 Å². The van der Waals surface area contributed by atoms with Crippen molar-refractivity contribution in [3.05, 3.63) is 29.3 Å². The third-order valence-electron chi connectivity index (χ3n) is 3.62. The Morgan fingerprint density at radius 2 is 1.84 bits per heavy atom. The Morgan fingerprint density at radius 1 is 1.20 bits per heavy atom. The van der Waals surface area contributed by atoms with E-state index < -0.39 is 11.9 Å². The van der Waals surface area contributed by atoms with Crippen LogP contribution in [0.15, 0.2) is 18.2 Å². The molecule has 138 valence electrons. The zero-order chi connectivity index (χ0) is 19.4. The first kappa shape index (κ1) is 22.3. The Balaban J connectivity index is 0.00000277. The largest absolute Gasteiger partial charge is 0.388 e. The smallest absolute Gasteiger partial charge is 0.255 e. The van der Waals surface area contributed by atoms with Crippen molar-refractivity contribution in [3.8, 4) is 0 Å². The van der Waals surface area contributed by atoms with Gasteiger partial charge in [-0.15, -0.1) is 0 Å². The van der Waals surface area contributed by atoms with Gasteiger partial charge >= 0.3 is 0 Å². The number of benzene rings is 1. The van der Waals surface area contributed by atoms with Gasteiger partial charge in [-0.25, -0.2) is 0 Å². The standard InChI is InChI=1S/C16H21N3O4.C2H6/c1-17-13-7-4-6-11(12(13)10-21)16(23)19(3)14(8-5-9-20)15(22)18-2;1-2/h4,6-7,9-10,14,17H,5,8H2,1-3H3,(H,18,22);1-2H3. The lowest BCUT2D eigenvalue weighted by molar-refractivity contribution is -0.125. The minimum atomic E-state index is -0.782. The van der Waals surface area contributed by atoms with Crippen molar-refractivity contribution < 1.29 is 19.2 Å². The maximum atomic E-state index is 12.7. The molecule has 0 fully saturated rings. The van der Waals surface area contributed by atoms with E-state index in [1.807, 2.05) is 13.8 Å². The molecule has 2 N–H and O–H groups in total. The lowest BCUT2D eigenvalue weighted by Crippen LogP contribution is -2.47. The fourth-order valence-corrected chi connectivity index (χ4v) is 2.32. The molecule has 0 aromatic heterocycles. The van der Waals surface area contributed by atoms with E-state index in [0.29, 0.717) is 18.3 Å². The maximum absolute atomic E-state index is 12.7. The Labute approximate surface area is 148 Å². The van der Waals surface area contributed by atoms with Gasteiger partial charge in [-0.1, -0.05) is 19.9 Å². The molecule has 1 atom stereocenters. The van der Waals surface area contributed by atoms with Crippen LogP contribution in [0.2, 0.25) is 0 Å². The van der Waals surface area contributed by atoms with Crippen molar-refractivity contribution in [2.75, 3.05) is 26.5 Å². The number of nitrogens with one attached hydrogen (secondary N) is 2. The van der Waals surface area contributed by atoms with E-state index in [2.05, 4.69) is 10.6 Å². The number of rotatable bonds is 8. The molecule has 0 radical (unpaired) electrons. The second-order valence-corrected chi connectivity index (χ2v) is 4.92. The molecule has 1 rings (SSSR count). The monoisotopic (exact) mass is 349 g/mol. The first-order valence-electron chi connectivity index (χ1n) is 8.20. The summed E-state index contributed by atoms with van der Waals surface area (Å²) in [7, 11) is 4.60. The highest BCUT2D eigenvalue weighted by Gasteiger charge is 2.28. The Morgan fingerprint density at radius 3 is 2.32 bits per heavy atom. The molecule has 0 aliphatic carbocycles. The van der Waals surface area contributed by atoms with Crippen LogP contribution < -0.4 is 10.6 Å². The van der Waals surface area contributed by atoms with Crippen LogP contribution in [0.3, 0.4) is 0 Å². The average Bonchev–Trinajstić information content (AvgIpc) is 2.67. The van der Waals surface area contributed by atoms with Gasteiger partial charge in [-0.05, 0) is 18.6 Å². The van der Waals surface area contributed by atoms with Gasteiger partial charge in [0, 0.05) is 33.3 Å². The third-order valence-corrected chi connectivity index (χ3v) is 3.62. The summed E-state index contributed by atoms with van der Waals surface area (Å²) in [5.74, 6) is -0.816. The summed E-state index contributed by atoms with van der Waals surface area (Å²) in [5.41, 5.74) is 0.968. The molecular formula is C18H27N3O4. The van der Waals surface area contributed by atoms with Crippen molar-refractivity contribution >= 4 is 30.1 Å². The van der Waals surface area contributed by atoms with Gasteiger partial charge in [-0.2, -0.15) is 0 Å². The van der Waals surface area contributed by atoms with E-state index in [4.69, 9.17) is 0 Å². The quantitative estimate of drug-likeness (QED) is 0.697.